The molecule has 0 saturated heterocycles. The molecule has 3 heteroatoms. The Balaban J connectivity index is 1.55. The predicted molar refractivity (Wildman–Crippen MR) is 198 cm³/mol. The van der Waals surface area contributed by atoms with Crippen LogP contribution in [0.15, 0.2) is 48.5 Å². The second-order valence-corrected chi connectivity index (χ2v) is 13.7. The Morgan fingerprint density at radius 1 is 0.565 bits per heavy atom. The summed E-state index contributed by atoms with van der Waals surface area (Å²) in [6, 6.07) is 15.8. The van der Waals surface area contributed by atoms with Crippen LogP contribution in [-0.4, -0.2) is 12.6 Å². The minimum absolute atomic E-state index is 0.0185. The molecule has 0 fully saturated rings. The largest absolute Gasteiger partial charge is 0.423 e. The van der Waals surface area contributed by atoms with Crippen LogP contribution in [-0.2, 0) is 4.74 Å². The molecule has 0 amide bonds. The fourth-order valence-corrected chi connectivity index (χ4v) is 6.57. The normalized spacial score (nSPS) is 12.7. The summed E-state index contributed by atoms with van der Waals surface area (Å²) in [4.78, 5) is 13.0. The van der Waals surface area contributed by atoms with E-state index in [4.69, 9.17) is 9.47 Å². The van der Waals surface area contributed by atoms with Crippen LogP contribution in [0.25, 0.3) is 0 Å². The van der Waals surface area contributed by atoms with Gasteiger partial charge in [0.2, 0.25) is 0 Å². The average molecular weight is 635 g/mol. The van der Waals surface area contributed by atoms with Crippen LogP contribution in [0.2, 0.25) is 0 Å². The Bertz CT molecular complexity index is 997. The van der Waals surface area contributed by atoms with E-state index in [1.54, 1.807) is 0 Å². The number of carbonyl (C=O) groups is 1. The molecule has 0 aliphatic carbocycles. The van der Waals surface area contributed by atoms with Crippen molar-refractivity contribution in [2.24, 2.45) is 0 Å². The summed E-state index contributed by atoms with van der Waals surface area (Å²) < 4.78 is 12.1. The highest BCUT2D eigenvalue weighted by Gasteiger charge is 2.18. The van der Waals surface area contributed by atoms with Crippen LogP contribution >= 0.6 is 0 Å². The molecule has 0 saturated carbocycles. The van der Waals surface area contributed by atoms with Gasteiger partial charge in [-0.1, -0.05) is 180 Å². The highest BCUT2D eigenvalue weighted by atomic mass is 16.5. The summed E-state index contributed by atoms with van der Waals surface area (Å²) in [6.45, 7) is 9.64. The van der Waals surface area contributed by atoms with Gasteiger partial charge < -0.3 is 9.47 Å². The summed E-state index contributed by atoms with van der Waals surface area (Å²) in [7, 11) is 0. The molecule has 0 spiro atoms. The zero-order valence-electron chi connectivity index (χ0n) is 30.5. The van der Waals surface area contributed by atoms with Gasteiger partial charge in [-0.25, -0.2) is 4.79 Å². The molecule has 2 atom stereocenters. The molecule has 0 aliphatic heterocycles. The van der Waals surface area contributed by atoms with Gasteiger partial charge in [0.05, 0.1) is 11.7 Å². The number of hydrogen-bond acceptors (Lipinski definition) is 3. The van der Waals surface area contributed by atoms with Gasteiger partial charge in [-0.3, -0.25) is 0 Å². The highest BCUT2D eigenvalue weighted by Crippen LogP contribution is 2.34. The minimum atomic E-state index is -0.294. The molecular formula is C43H70O3. The fraction of sp³-hybridized carbons (Fsp3) is 0.698. The van der Waals surface area contributed by atoms with Crippen molar-refractivity contribution in [1.29, 1.82) is 0 Å². The van der Waals surface area contributed by atoms with E-state index in [1.807, 2.05) is 36.4 Å². The molecule has 0 N–H and O–H groups in total. The predicted octanol–water partition coefficient (Wildman–Crippen LogP) is 14.1. The van der Waals surface area contributed by atoms with E-state index in [-0.39, 0.29) is 12.1 Å². The summed E-state index contributed by atoms with van der Waals surface area (Å²) in [5.74, 6) is 0.836. The topological polar surface area (TPSA) is 35.5 Å². The van der Waals surface area contributed by atoms with Gasteiger partial charge >= 0.3 is 5.97 Å². The summed E-state index contributed by atoms with van der Waals surface area (Å²) in [5.41, 5.74) is 2.83. The maximum absolute atomic E-state index is 13.0. The van der Waals surface area contributed by atoms with Gasteiger partial charge in [0.1, 0.15) is 5.75 Å². The molecule has 0 aliphatic rings. The Kier molecular flexibility index (Phi) is 23.4. The zero-order chi connectivity index (χ0) is 33.1. The minimum Gasteiger partial charge on any atom is -0.423 e. The fourth-order valence-electron chi connectivity index (χ4n) is 6.57. The molecule has 2 rings (SSSR count). The lowest BCUT2D eigenvalue weighted by atomic mass is 9.89. The van der Waals surface area contributed by atoms with E-state index in [0.717, 1.165) is 43.4 Å². The second-order valence-electron chi connectivity index (χ2n) is 13.7. The standard InChI is InChI=1S/C43H70O3/c1-5-8-10-11-12-13-14-15-16-17-18-19-20-21-22-23-24-27-36-45-37(4)38-32-34-40(35-33-38)43(44)46-42-31-26-25-30-41(42)39(28-7-3)29-9-6-2/h25-26,30-35,37,39H,5-24,27-29,36H2,1-4H3. The zero-order valence-corrected chi connectivity index (χ0v) is 30.5. The van der Waals surface area contributed by atoms with Crippen molar-refractivity contribution in [2.75, 3.05) is 6.61 Å². The smallest absolute Gasteiger partial charge is 0.343 e. The Hall–Kier alpha value is -2.13. The van der Waals surface area contributed by atoms with E-state index >= 15 is 0 Å². The molecule has 3 nitrogen and oxygen atoms in total. The summed E-state index contributed by atoms with van der Waals surface area (Å²) in [5, 5.41) is 0. The Labute approximate surface area is 284 Å². The SMILES string of the molecule is CCCCCCCCCCCCCCCCCCCCOC(C)c1ccc(C(=O)Oc2ccccc2C(CCC)CCCC)cc1. The Morgan fingerprint density at radius 2 is 1.07 bits per heavy atom. The molecule has 260 valence electrons. The van der Waals surface area contributed by atoms with Gasteiger partial charge in [0, 0.05) is 6.61 Å². The molecular weight excluding hydrogens is 564 g/mol. The molecule has 0 heterocycles. The third-order valence-corrected chi connectivity index (χ3v) is 9.59. The second kappa shape index (κ2) is 26.9. The monoisotopic (exact) mass is 635 g/mol. The van der Waals surface area contributed by atoms with E-state index in [2.05, 4.69) is 39.8 Å². The van der Waals surface area contributed by atoms with E-state index in [1.165, 1.54) is 122 Å². The van der Waals surface area contributed by atoms with Crippen LogP contribution in [0.1, 0.15) is 209 Å². The van der Waals surface area contributed by atoms with Crippen molar-refractivity contribution in [3.63, 3.8) is 0 Å². The number of unbranched alkanes of at least 4 members (excludes halogenated alkanes) is 18. The molecule has 0 aromatic heterocycles. The number of para-hydroxylation sites is 1. The maximum Gasteiger partial charge on any atom is 0.343 e. The molecule has 2 aromatic carbocycles. The molecule has 46 heavy (non-hydrogen) atoms. The molecule has 2 unspecified atom stereocenters. The number of benzene rings is 2. The van der Waals surface area contributed by atoms with Gasteiger partial charge in [-0.2, -0.15) is 0 Å². The number of hydrogen-bond donors (Lipinski definition) is 0. The van der Waals surface area contributed by atoms with Crippen molar-refractivity contribution in [1.82, 2.24) is 0 Å². The van der Waals surface area contributed by atoms with Crippen LogP contribution in [0, 0.1) is 0 Å². The van der Waals surface area contributed by atoms with Crippen LogP contribution in [0.5, 0.6) is 5.75 Å². The number of rotatable bonds is 29. The van der Waals surface area contributed by atoms with Crippen molar-refractivity contribution in [3.8, 4) is 5.75 Å². The van der Waals surface area contributed by atoms with Gasteiger partial charge in [0.15, 0.2) is 0 Å². The van der Waals surface area contributed by atoms with Crippen molar-refractivity contribution >= 4 is 5.97 Å². The number of esters is 1. The number of ether oxygens (including phenoxy) is 2. The van der Waals surface area contributed by atoms with Crippen molar-refractivity contribution in [3.05, 3.63) is 65.2 Å². The molecule has 0 radical (unpaired) electrons. The van der Waals surface area contributed by atoms with Gasteiger partial charge in [-0.05, 0) is 61.4 Å². The average Bonchev–Trinajstić information content (AvgIpc) is 3.08. The third kappa shape index (κ3) is 17.7. The molecule has 0 bridgehead atoms. The maximum atomic E-state index is 13.0. The van der Waals surface area contributed by atoms with E-state index < -0.39 is 0 Å². The third-order valence-electron chi connectivity index (χ3n) is 9.59. The Morgan fingerprint density at radius 3 is 1.59 bits per heavy atom. The van der Waals surface area contributed by atoms with Crippen LogP contribution in [0.3, 0.4) is 0 Å². The summed E-state index contributed by atoms with van der Waals surface area (Å²) >= 11 is 0. The first-order valence-corrected chi connectivity index (χ1v) is 19.6. The summed E-state index contributed by atoms with van der Waals surface area (Å²) in [6.07, 6.45) is 30.7. The first-order chi connectivity index (χ1) is 22.6. The van der Waals surface area contributed by atoms with Gasteiger partial charge in [-0.15, -0.1) is 0 Å². The van der Waals surface area contributed by atoms with E-state index in [0.29, 0.717) is 17.2 Å². The first kappa shape index (κ1) is 40.0. The van der Waals surface area contributed by atoms with Crippen molar-refractivity contribution < 1.29 is 14.3 Å². The lowest BCUT2D eigenvalue weighted by Gasteiger charge is -2.19. The van der Waals surface area contributed by atoms with Crippen molar-refractivity contribution in [2.45, 2.75) is 187 Å². The molecule has 2 aromatic rings. The lowest BCUT2D eigenvalue weighted by molar-refractivity contribution is 0.0625. The van der Waals surface area contributed by atoms with Crippen LogP contribution in [0.4, 0.5) is 0 Å². The highest BCUT2D eigenvalue weighted by molar-refractivity contribution is 5.91. The van der Waals surface area contributed by atoms with Gasteiger partial charge in [0.25, 0.3) is 0 Å². The van der Waals surface area contributed by atoms with Crippen LogP contribution < -0.4 is 4.74 Å². The first-order valence-electron chi connectivity index (χ1n) is 19.6. The lowest BCUT2D eigenvalue weighted by Crippen LogP contribution is -2.12. The number of carbonyl (C=O) groups excluding carboxylic acids is 1. The quantitative estimate of drug-likeness (QED) is 0.0507. The van der Waals surface area contributed by atoms with E-state index in [9.17, 15) is 4.79 Å².